The minimum Gasteiger partial charge on any atom is -0.477 e. The highest BCUT2D eigenvalue weighted by atomic mass is 32.2. The van der Waals surface area contributed by atoms with Gasteiger partial charge in [-0.25, -0.2) is 4.98 Å². The molecular formula is C16H19NO4S2. The van der Waals surface area contributed by atoms with Gasteiger partial charge in [0, 0.05) is 5.75 Å². The Balaban J connectivity index is 1.79. The molecule has 1 aliphatic heterocycles. The molecule has 0 saturated carbocycles. The number of aryl methyl sites for hydroxylation is 2. The lowest BCUT2D eigenvalue weighted by atomic mass is 10.1. The first kappa shape index (κ1) is 16.7. The quantitative estimate of drug-likeness (QED) is 0.782. The maximum Gasteiger partial charge on any atom is 0.173 e. The number of ether oxygens (including phenoxy) is 1. The van der Waals surface area contributed by atoms with E-state index in [-0.39, 0.29) is 0 Å². The molecule has 1 aromatic heterocycles. The molecule has 0 bridgehead atoms. The van der Waals surface area contributed by atoms with Crippen LogP contribution in [0.3, 0.4) is 0 Å². The summed E-state index contributed by atoms with van der Waals surface area (Å²) in [5.74, 6) is 0.948. The molecule has 0 aliphatic carbocycles. The van der Waals surface area contributed by atoms with E-state index in [0.717, 1.165) is 21.1 Å². The van der Waals surface area contributed by atoms with Crippen LogP contribution in [0.25, 0.3) is 10.4 Å². The first-order valence-electron chi connectivity index (χ1n) is 7.32. The van der Waals surface area contributed by atoms with Gasteiger partial charge in [-0.3, -0.25) is 0 Å². The molecule has 23 heavy (non-hydrogen) atoms. The van der Waals surface area contributed by atoms with E-state index in [1.165, 1.54) is 11.8 Å². The Hall–Kier alpha value is -1.12. The third kappa shape index (κ3) is 3.54. The number of hydrogen-bond acceptors (Lipinski definition) is 7. The largest absolute Gasteiger partial charge is 0.477 e. The van der Waals surface area contributed by atoms with E-state index in [2.05, 4.69) is 4.98 Å². The monoisotopic (exact) mass is 353 g/mol. The molecule has 7 heteroatoms. The molecule has 1 aromatic carbocycles. The first-order chi connectivity index (χ1) is 11.0. The van der Waals surface area contributed by atoms with E-state index in [4.69, 9.17) is 4.74 Å². The van der Waals surface area contributed by atoms with E-state index in [0.29, 0.717) is 11.5 Å². The number of aromatic nitrogens is 1. The molecule has 0 unspecified atom stereocenters. The van der Waals surface area contributed by atoms with Crippen LogP contribution in [0.15, 0.2) is 24.3 Å². The standard InChI is InChI=1S/C16H19NO4S2/c1-8-15(23-9(2)17-8)10-4-3-5-11(6-10)21-16-14(20)13(19)12(18)7-22-16/h3-6,12-14,16,18-20H,7H2,1-2H3/t12-,13+,14-,16-/m1/s1. The highest BCUT2D eigenvalue weighted by Gasteiger charge is 2.38. The molecular weight excluding hydrogens is 334 g/mol. The number of rotatable bonds is 3. The maximum absolute atomic E-state index is 10.0. The van der Waals surface area contributed by atoms with Crippen LogP contribution >= 0.6 is 23.1 Å². The summed E-state index contributed by atoms with van der Waals surface area (Å²) in [6, 6.07) is 7.61. The van der Waals surface area contributed by atoms with Crippen molar-refractivity contribution in [1.29, 1.82) is 0 Å². The highest BCUT2D eigenvalue weighted by Crippen LogP contribution is 2.34. The van der Waals surface area contributed by atoms with Gasteiger partial charge in [0.25, 0.3) is 0 Å². The molecule has 2 aromatic rings. The zero-order chi connectivity index (χ0) is 16.6. The van der Waals surface area contributed by atoms with Gasteiger partial charge in [-0.2, -0.15) is 0 Å². The number of aliphatic hydroxyl groups excluding tert-OH is 3. The Morgan fingerprint density at radius 3 is 2.65 bits per heavy atom. The Bertz CT molecular complexity index is 690. The fourth-order valence-corrected chi connectivity index (χ4v) is 4.56. The van der Waals surface area contributed by atoms with Gasteiger partial charge in [0.15, 0.2) is 5.44 Å². The van der Waals surface area contributed by atoms with Crippen LogP contribution < -0.4 is 4.74 Å². The molecule has 1 aliphatic rings. The van der Waals surface area contributed by atoms with Crippen molar-refractivity contribution < 1.29 is 20.1 Å². The van der Waals surface area contributed by atoms with Crippen LogP contribution in [0.4, 0.5) is 0 Å². The van der Waals surface area contributed by atoms with Crippen LogP contribution in [0.1, 0.15) is 10.7 Å². The number of aliphatic hydroxyl groups is 3. The summed E-state index contributed by atoms with van der Waals surface area (Å²) in [7, 11) is 0. The average molecular weight is 353 g/mol. The van der Waals surface area contributed by atoms with Gasteiger partial charge in [0.2, 0.25) is 0 Å². The second-order valence-corrected chi connectivity index (χ2v) is 7.88. The van der Waals surface area contributed by atoms with Crippen LogP contribution in [0.2, 0.25) is 0 Å². The van der Waals surface area contributed by atoms with Gasteiger partial charge in [0.1, 0.15) is 18.0 Å². The topological polar surface area (TPSA) is 82.8 Å². The van der Waals surface area contributed by atoms with Crippen LogP contribution in [-0.2, 0) is 0 Å². The second kappa shape index (κ2) is 6.78. The first-order valence-corrected chi connectivity index (χ1v) is 9.19. The molecule has 3 rings (SSSR count). The van der Waals surface area contributed by atoms with Crippen molar-refractivity contribution >= 4 is 23.1 Å². The fourth-order valence-electron chi connectivity index (χ4n) is 2.53. The van der Waals surface area contributed by atoms with Crippen LogP contribution in [0, 0.1) is 13.8 Å². The molecule has 3 N–H and O–H groups in total. The molecule has 2 heterocycles. The summed E-state index contributed by atoms with van der Waals surface area (Å²) in [6.07, 6.45) is -3.24. The molecule has 0 radical (unpaired) electrons. The second-order valence-electron chi connectivity index (χ2n) is 5.54. The fraction of sp³-hybridized carbons (Fsp3) is 0.438. The van der Waals surface area contributed by atoms with E-state index >= 15 is 0 Å². The summed E-state index contributed by atoms with van der Waals surface area (Å²) < 4.78 is 5.82. The predicted octanol–water partition coefficient (Wildman–Crippen LogP) is 1.96. The molecule has 1 saturated heterocycles. The number of thioether (sulfide) groups is 1. The van der Waals surface area contributed by atoms with Gasteiger partial charge in [-0.1, -0.05) is 12.1 Å². The minimum atomic E-state index is -1.18. The van der Waals surface area contributed by atoms with E-state index in [9.17, 15) is 15.3 Å². The van der Waals surface area contributed by atoms with Gasteiger partial charge in [0.05, 0.1) is 21.7 Å². The minimum absolute atomic E-state index is 0.329. The number of hydrogen-bond donors (Lipinski definition) is 3. The van der Waals surface area contributed by atoms with Crippen molar-refractivity contribution in [3.63, 3.8) is 0 Å². The third-order valence-corrected chi connectivity index (χ3v) is 6.07. The van der Waals surface area contributed by atoms with Crippen molar-refractivity contribution in [2.75, 3.05) is 5.75 Å². The Kier molecular flexibility index (Phi) is 4.93. The summed E-state index contributed by atoms with van der Waals surface area (Å²) in [5, 5.41) is 30.4. The van der Waals surface area contributed by atoms with Crippen molar-refractivity contribution in [3.8, 4) is 16.2 Å². The molecule has 4 atom stereocenters. The summed E-state index contributed by atoms with van der Waals surface area (Å²) in [4.78, 5) is 5.53. The Labute approximate surface area is 143 Å². The summed E-state index contributed by atoms with van der Waals surface area (Å²) in [5.41, 5.74) is 1.39. The lowest BCUT2D eigenvalue weighted by Crippen LogP contribution is -2.50. The van der Waals surface area contributed by atoms with Gasteiger partial charge in [-0.15, -0.1) is 23.1 Å². The van der Waals surface area contributed by atoms with Crippen LogP contribution in [0.5, 0.6) is 5.75 Å². The van der Waals surface area contributed by atoms with Gasteiger partial charge >= 0.3 is 0 Å². The number of nitrogens with zero attached hydrogens (tertiary/aromatic N) is 1. The zero-order valence-corrected chi connectivity index (χ0v) is 14.5. The molecule has 0 amide bonds. The average Bonchev–Trinajstić information content (AvgIpc) is 2.87. The molecule has 0 spiro atoms. The summed E-state index contributed by atoms with van der Waals surface area (Å²) >= 11 is 2.92. The van der Waals surface area contributed by atoms with Gasteiger partial charge < -0.3 is 20.1 Å². The van der Waals surface area contributed by atoms with E-state index in [1.54, 1.807) is 11.3 Å². The van der Waals surface area contributed by atoms with Crippen molar-refractivity contribution in [2.45, 2.75) is 37.6 Å². The van der Waals surface area contributed by atoms with E-state index < -0.39 is 23.7 Å². The predicted molar refractivity (Wildman–Crippen MR) is 91.9 cm³/mol. The highest BCUT2D eigenvalue weighted by molar-refractivity contribution is 7.99. The molecule has 1 fully saturated rings. The van der Waals surface area contributed by atoms with Gasteiger partial charge in [-0.05, 0) is 31.5 Å². The lowest BCUT2D eigenvalue weighted by Gasteiger charge is -2.34. The number of benzene rings is 1. The smallest absolute Gasteiger partial charge is 0.173 e. The maximum atomic E-state index is 10.0. The third-order valence-electron chi connectivity index (χ3n) is 3.71. The van der Waals surface area contributed by atoms with Crippen LogP contribution in [-0.4, -0.2) is 49.8 Å². The van der Waals surface area contributed by atoms with Crippen molar-refractivity contribution in [1.82, 2.24) is 4.98 Å². The Morgan fingerprint density at radius 1 is 1.17 bits per heavy atom. The Morgan fingerprint density at radius 2 is 1.96 bits per heavy atom. The van der Waals surface area contributed by atoms with Crippen molar-refractivity contribution in [2.24, 2.45) is 0 Å². The van der Waals surface area contributed by atoms with Crippen molar-refractivity contribution in [3.05, 3.63) is 35.0 Å². The lowest BCUT2D eigenvalue weighted by molar-refractivity contribution is -0.0786. The van der Waals surface area contributed by atoms with E-state index in [1.807, 2.05) is 38.1 Å². The zero-order valence-electron chi connectivity index (χ0n) is 12.8. The number of thiazole rings is 1. The SMILES string of the molecule is Cc1nc(C)c(-c2cccc(O[C@@H]3SC[C@@H](O)[C@H](O)[C@H]3O)c2)s1. The molecule has 124 valence electrons. The summed E-state index contributed by atoms with van der Waals surface area (Å²) in [6.45, 7) is 3.95. The normalized spacial score (nSPS) is 27.9. The molecule has 5 nitrogen and oxygen atoms in total.